The van der Waals surface area contributed by atoms with E-state index in [2.05, 4.69) is 5.32 Å². The number of carbonyl (C=O) groups excluding carboxylic acids is 2. The van der Waals surface area contributed by atoms with Crippen molar-refractivity contribution in [2.75, 3.05) is 26.7 Å². The number of amides is 2. The number of nitrogens with zero attached hydrogens (tertiary/aromatic N) is 1. The zero-order valence-corrected chi connectivity index (χ0v) is 11.8. The van der Waals surface area contributed by atoms with Gasteiger partial charge in [-0.05, 0) is 31.2 Å². The molecule has 1 aromatic rings. The summed E-state index contributed by atoms with van der Waals surface area (Å²) < 4.78 is 5.06. The number of hydrogen-bond acceptors (Lipinski definition) is 5. The fourth-order valence-electron chi connectivity index (χ4n) is 2.41. The highest BCUT2D eigenvalue weighted by atomic mass is 16.5. The number of methoxy groups -OCH3 is 1. The molecule has 1 atom stereocenters. The Morgan fingerprint density at radius 1 is 1.52 bits per heavy atom. The van der Waals surface area contributed by atoms with Gasteiger partial charge in [-0.3, -0.25) is 9.59 Å². The molecule has 0 spiro atoms. The summed E-state index contributed by atoms with van der Waals surface area (Å²) in [6.45, 7) is 1.20. The topological polar surface area (TPSA) is 105 Å². The summed E-state index contributed by atoms with van der Waals surface area (Å²) in [7, 11) is 1.47. The van der Waals surface area contributed by atoms with Gasteiger partial charge in [-0.2, -0.15) is 0 Å². The summed E-state index contributed by atoms with van der Waals surface area (Å²) in [5.41, 5.74) is 5.33. The molecule has 0 aromatic heterocycles. The summed E-state index contributed by atoms with van der Waals surface area (Å²) in [6.07, 6.45) is 0.740. The van der Waals surface area contributed by atoms with Gasteiger partial charge in [0.25, 0.3) is 5.91 Å². The van der Waals surface area contributed by atoms with Crippen molar-refractivity contribution in [2.45, 2.75) is 12.5 Å². The van der Waals surface area contributed by atoms with Crippen molar-refractivity contribution in [3.05, 3.63) is 23.8 Å². The Balaban J connectivity index is 2.30. The Morgan fingerprint density at radius 3 is 2.86 bits per heavy atom. The van der Waals surface area contributed by atoms with E-state index >= 15 is 0 Å². The van der Waals surface area contributed by atoms with Crippen molar-refractivity contribution in [2.24, 2.45) is 5.73 Å². The molecule has 1 aliphatic heterocycles. The lowest BCUT2D eigenvalue weighted by molar-refractivity contribution is -0.119. The summed E-state index contributed by atoms with van der Waals surface area (Å²) in [4.78, 5) is 25.3. The molecule has 1 unspecified atom stereocenters. The molecule has 7 heteroatoms. The molecular weight excluding hydrogens is 274 g/mol. The van der Waals surface area contributed by atoms with Gasteiger partial charge >= 0.3 is 0 Å². The molecule has 7 nitrogen and oxygen atoms in total. The third-order valence-electron chi connectivity index (χ3n) is 3.50. The zero-order valence-electron chi connectivity index (χ0n) is 11.8. The first-order valence-corrected chi connectivity index (χ1v) is 6.70. The van der Waals surface area contributed by atoms with Crippen LogP contribution in [-0.4, -0.2) is 54.6 Å². The standard InChI is InChI=1S/C14H19N3O4/c1-21-10-2-3-12(18)11(6-10)14(20)17(8-13(15)19)9-4-5-16-7-9/h2-3,6,9,16,18H,4-5,7-8H2,1H3,(H2,15,19). The average molecular weight is 293 g/mol. The Bertz CT molecular complexity index is 541. The Morgan fingerprint density at radius 2 is 2.29 bits per heavy atom. The fourth-order valence-corrected chi connectivity index (χ4v) is 2.41. The number of phenolic OH excluding ortho intramolecular Hbond substituents is 1. The van der Waals surface area contributed by atoms with E-state index < -0.39 is 11.8 Å². The number of aromatic hydroxyl groups is 1. The number of nitrogens with two attached hydrogens (primary N) is 1. The predicted octanol–water partition coefficient (Wildman–Crippen LogP) is -0.310. The van der Waals surface area contributed by atoms with Gasteiger partial charge in [0.15, 0.2) is 0 Å². The first-order valence-electron chi connectivity index (χ1n) is 6.70. The monoisotopic (exact) mass is 293 g/mol. The van der Waals surface area contributed by atoms with Crippen LogP contribution in [0.25, 0.3) is 0 Å². The maximum Gasteiger partial charge on any atom is 0.258 e. The van der Waals surface area contributed by atoms with Gasteiger partial charge in [0, 0.05) is 12.6 Å². The SMILES string of the molecule is COc1ccc(O)c(C(=O)N(CC(N)=O)C2CCNC2)c1. The molecule has 1 aliphatic rings. The van der Waals surface area contributed by atoms with Crippen molar-refractivity contribution in [3.8, 4) is 11.5 Å². The molecule has 0 bridgehead atoms. The summed E-state index contributed by atoms with van der Waals surface area (Å²) in [5, 5.41) is 13.0. The molecule has 114 valence electrons. The van der Waals surface area contributed by atoms with Gasteiger partial charge in [-0.25, -0.2) is 0 Å². The number of phenols is 1. The molecule has 1 fully saturated rings. The number of ether oxygens (including phenoxy) is 1. The molecule has 0 aliphatic carbocycles. The van der Waals surface area contributed by atoms with Gasteiger partial charge in [-0.15, -0.1) is 0 Å². The number of nitrogens with one attached hydrogen (secondary N) is 1. The molecule has 4 N–H and O–H groups in total. The van der Waals surface area contributed by atoms with Crippen molar-refractivity contribution in [1.82, 2.24) is 10.2 Å². The van der Waals surface area contributed by atoms with Crippen LogP contribution in [-0.2, 0) is 4.79 Å². The second-order valence-electron chi connectivity index (χ2n) is 4.93. The number of hydrogen-bond donors (Lipinski definition) is 3. The average Bonchev–Trinajstić information content (AvgIpc) is 2.98. The molecule has 1 heterocycles. The van der Waals surface area contributed by atoms with E-state index in [1.807, 2.05) is 0 Å². The zero-order chi connectivity index (χ0) is 15.4. The van der Waals surface area contributed by atoms with E-state index in [9.17, 15) is 14.7 Å². The number of carbonyl (C=O) groups is 2. The van der Waals surface area contributed by atoms with Crippen LogP contribution in [0.1, 0.15) is 16.8 Å². The first-order chi connectivity index (χ1) is 10.0. The highest BCUT2D eigenvalue weighted by molar-refractivity contribution is 5.99. The van der Waals surface area contributed by atoms with Gasteiger partial charge < -0.3 is 25.8 Å². The highest BCUT2D eigenvalue weighted by Gasteiger charge is 2.30. The second-order valence-corrected chi connectivity index (χ2v) is 4.93. The molecule has 1 saturated heterocycles. The first kappa shape index (κ1) is 15.1. The lowest BCUT2D eigenvalue weighted by Gasteiger charge is -2.27. The number of primary amides is 1. The summed E-state index contributed by atoms with van der Waals surface area (Å²) in [5.74, 6) is -0.711. The van der Waals surface area contributed by atoms with E-state index in [0.29, 0.717) is 12.3 Å². The van der Waals surface area contributed by atoms with Crippen LogP contribution in [0, 0.1) is 0 Å². The second kappa shape index (κ2) is 6.45. The Labute approximate surface area is 122 Å². The summed E-state index contributed by atoms with van der Waals surface area (Å²) in [6, 6.07) is 4.28. The molecule has 1 aromatic carbocycles. The number of benzene rings is 1. The van der Waals surface area contributed by atoms with Crippen molar-refractivity contribution in [1.29, 1.82) is 0 Å². The molecule has 0 saturated carbocycles. The van der Waals surface area contributed by atoms with Gasteiger partial charge in [-0.1, -0.05) is 0 Å². The van der Waals surface area contributed by atoms with Crippen LogP contribution in [0.3, 0.4) is 0 Å². The van der Waals surface area contributed by atoms with E-state index in [1.165, 1.54) is 24.1 Å². The van der Waals surface area contributed by atoms with Crippen LogP contribution in [0.4, 0.5) is 0 Å². The smallest absolute Gasteiger partial charge is 0.258 e. The van der Waals surface area contributed by atoms with E-state index in [0.717, 1.165) is 13.0 Å². The third-order valence-corrected chi connectivity index (χ3v) is 3.50. The van der Waals surface area contributed by atoms with Crippen LogP contribution < -0.4 is 15.8 Å². The molecular formula is C14H19N3O4. The quantitative estimate of drug-likeness (QED) is 0.690. The van der Waals surface area contributed by atoms with Crippen LogP contribution in [0.15, 0.2) is 18.2 Å². The van der Waals surface area contributed by atoms with Crippen LogP contribution in [0.5, 0.6) is 11.5 Å². The van der Waals surface area contributed by atoms with E-state index in [-0.39, 0.29) is 23.9 Å². The highest BCUT2D eigenvalue weighted by Crippen LogP contribution is 2.25. The predicted molar refractivity (Wildman–Crippen MR) is 76.2 cm³/mol. The van der Waals surface area contributed by atoms with Gasteiger partial charge in [0.1, 0.15) is 11.5 Å². The maximum absolute atomic E-state index is 12.6. The largest absolute Gasteiger partial charge is 0.507 e. The summed E-state index contributed by atoms with van der Waals surface area (Å²) >= 11 is 0. The maximum atomic E-state index is 12.6. The van der Waals surface area contributed by atoms with Gasteiger partial charge in [0.05, 0.1) is 19.2 Å². The van der Waals surface area contributed by atoms with Crippen molar-refractivity contribution in [3.63, 3.8) is 0 Å². The van der Waals surface area contributed by atoms with E-state index in [1.54, 1.807) is 6.07 Å². The number of rotatable bonds is 5. The molecule has 21 heavy (non-hydrogen) atoms. The normalized spacial score (nSPS) is 17.5. The molecule has 0 radical (unpaired) electrons. The van der Waals surface area contributed by atoms with Crippen LogP contribution >= 0.6 is 0 Å². The lowest BCUT2D eigenvalue weighted by atomic mass is 10.1. The van der Waals surface area contributed by atoms with Crippen LogP contribution in [0.2, 0.25) is 0 Å². The molecule has 2 rings (SSSR count). The minimum Gasteiger partial charge on any atom is -0.507 e. The van der Waals surface area contributed by atoms with E-state index in [4.69, 9.17) is 10.5 Å². The minimum atomic E-state index is -0.586. The van der Waals surface area contributed by atoms with Crippen molar-refractivity contribution < 1.29 is 19.4 Å². The molecule has 2 amide bonds. The fraction of sp³-hybridized carbons (Fsp3) is 0.429. The Kier molecular flexibility index (Phi) is 4.64. The Hall–Kier alpha value is -2.28. The van der Waals surface area contributed by atoms with Gasteiger partial charge in [0.2, 0.25) is 5.91 Å². The van der Waals surface area contributed by atoms with Crippen molar-refractivity contribution >= 4 is 11.8 Å². The minimum absolute atomic E-state index is 0.0995. The third kappa shape index (κ3) is 3.43. The lowest BCUT2D eigenvalue weighted by Crippen LogP contribution is -2.46.